The molecule has 5 aromatic rings. The van der Waals surface area contributed by atoms with Gasteiger partial charge >= 0.3 is 0 Å². The van der Waals surface area contributed by atoms with Gasteiger partial charge in [-0.3, -0.25) is 9.59 Å². The van der Waals surface area contributed by atoms with E-state index in [4.69, 9.17) is 5.73 Å². The van der Waals surface area contributed by atoms with Crippen molar-refractivity contribution in [2.75, 3.05) is 18.4 Å². The number of carbonyl (C=O) groups excluding carboxylic acids is 2. The molecule has 36 heavy (non-hydrogen) atoms. The largest absolute Gasteiger partial charge is 0.351 e. The van der Waals surface area contributed by atoms with E-state index in [2.05, 4.69) is 52.1 Å². The van der Waals surface area contributed by atoms with Crippen molar-refractivity contribution in [3.8, 4) is 16.9 Å². The first kappa shape index (κ1) is 23.3. The summed E-state index contributed by atoms with van der Waals surface area (Å²) in [7, 11) is 0. The number of nitrogens with two attached hydrogens (primary N) is 1. The molecule has 0 saturated heterocycles. The summed E-state index contributed by atoms with van der Waals surface area (Å²) in [6.07, 6.45) is 0.262. The van der Waals surface area contributed by atoms with Crippen molar-refractivity contribution < 1.29 is 9.59 Å². The zero-order valence-electron chi connectivity index (χ0n) is 20.0. The quantitative estimate of drug-likeness (QED) is 0.291. The molecule has 7 nitrogen and oxygen atoms in total. The van der Waals surface area contributed by atoms with Gasteiger partial charge in [-0.15, -0.1) is 0 Å². The Hall–Kier alpha value is -4.49. The number of amides is 2. The predicted octanol–water partition coefficient (Wildman–Crippen LogP) is 4.88. The van der Waals surface area contributed by atoms with E-state index >= 15 is 0 Å². The van der Waals surface area contributed by atoms with Crippen LogP contribution < -0.4 is 16.4 Å². The smallest absolute Gasteiger partial charge is 0.271 e. The second-order valence-electron chi connectivity index (χ2n) is 8.54. The summed E-state index contributed by atoms with van der Waals surface area (Å²) in [5.41, 5.74) is 8.99. The molecule has 5 rings (SSSR count). The van der Waals surface area contributed by atoms with Gasteiger partial charge in [0.25, 0.3) is 5.91 Å². The Kier molecular flexibility index (Phi) is 6.47. The third-order valence-corrected chi connectivity index (χ3v) is 6.09. The normalized spacial score (nSPS) is 11.1. The van der Waals surface area contributed by atoms with Gasteiger partial charge in [-0.1, -0.05) is 48.5 Å². The molecule has 0 atom stereocenters. The molecule has 0 aliphatic rings. The monoisotopic (exact) mass is 477 g/mol. The molecule has 2 amide bonds. The molecule has 1 aromatic heterocycles. The van der Waals surface area contributed by atoms with Gasteiger partial charge in [-0.05, 0) is 64.9 Å². The lowest BCUT2D eigenvalue weighted by Gasteiger charge is -2.11. The van der Waals surface area contributed by atoms with Crippen LogP contribution in [0.2, 0.25) is 0 Å². The zero-order chi connectivity index (χ0) is 25.1. The van der Waals surface area contributed by atoms with Crippen LogP contribution in [0.1, 0.15) is 23.8 Å². The first-order valence-corrected chi connectivity index (χ1v) is 12.0. The highest BCUT2D eigenvalue weighted by molar-refractivity contribution is 6.08. The van der Waals surface area contributed by atoms with E-state index in [1.807, 2.05) is 55.5 Å². The van der Waals surface area contributed by atoms with Crippen LogP contribution in [0.15, 0.2) is 84.9 Å². The number of aromatic nitrogens is 2. The summed E-state index contributed by atoms with van der Waals surface area (Å²) in [6, 6.07) is 28.0. The second kappa shape index (κ2) is 10.0. The Balaban J connectivity index is 1.60. The van der Waals surface area contributed by atoms with Crippen molar-refractivity contribution in [2.45, 2.75) is 13.3 Å². The first-order valence-electron chi connectivity index (χ1n) is 12.0. The van der Waals surface area contributed by atoms with Crippen molar-refractivity contribution in [1.82, 2.24) is 15.1 Å². The maximum absolute atomic E-state index is 12.7. The molecule has 0 aliphatic carbocycles. The van der Waals surface area contributed by atoms with Crippen molar-refractivity contribution in [3.63, 3.8) is 0 Å². The van der Waals surface area contributed by atoms with Crippen LogP contribution in [-0.4, -0.2) is 34.7 Å². The molecule has 180 valence electrons. The van der Waals surface area contributed by atoms with Crippen LogP contribution in [0, 0.1) is 0 Å². The van der Waals surface area contributed by atoms with Crippen LogP contribution in [0.25, 0.3) is 38.5 Å². The Morgan fingerprint density at radius 1 is 0.889 bits per heavy atom. The topological polar surface area (TPSA) is 102 Å². The summed E-state index contributed by atoms with van der Waals surface area (Å²) in [5, 5.41) is 14.9. The molecule has 0 saturated carbocycles. The number of carbonyl (C=O) groups is 2. The number of benzene rings is 4. The third-order valence-electron chi connectivity index (χ3n) is 6.09. The van der Waals surface area contributed by atoms with E-state index in [0.29, 0.717) is 24.5 Å². The molecular formula is C29H27N5O2. The summed E-state index contributed by atoms with van der Waals surface area (Å²) in [6.45, 7) is 2.69. The highest BCUT2D eigenvalue weighted by Crippen LogP contribution is 2.31. The van der Waals surface area contributed by atoms with Gasteiger partial charge in [0.2, 0.25) is 5.91 Å². The molecular weight excluding hydrogens is 450 g/mol. The lowest BCUT2D eigenvalue weighted by Crippen LogP contribution is -2.23. The van der Waals surface area contributed by atoms with Crippen molar-refractivity contribution in [2.24, 2.45) is 5.73 Å². The summed E-state index contributed by atoms with van der Waals surface area (Å²) < 4.78 is 1.77. The summed E-state index contributed by atoms with van der Waals surface area (Å²) in [4.78, 5) is 24.5. The Labute approximate surface area is 208 Å². The molecule has 4 N–H and O–H groups in total. The molecule has 7 heteroatoms. The molecule has 0 spiro atoms. The van der Waals surface area contributed by atoms with Gasteiger partial charge in [0.15, 0.2) is 5.69 Å². The van der Waals surface area contributed by atoms with E-state index in [0.717, 1.165) is 27.7 Å². The number of anilines is 1. The van der Waals surface area contributed by atoms with Gasteiger partial charge in [-0.2, -0.15) is 5.10 Å². The predicted molar refractivity (Wildman–Crippen MR) is 144 cm³/mol. The van der Waals surface area contributed by atoms with E-state index in [1.54, 1.807) is 4.68 Å². The minimum Gasteiger partial charge on any atom is -0.351 e. The first-order chi connectivity index (χ1) is 17.6. The van der Waals surface area contributed by atoms with E-state index in [9.17, 15) is 9.59 Å². The maximum Gasteiger partial charge on any atom is 0.271 e. The van der Waals surface area contributed by atoms with Gasteiger partial charge < -0.3 is 16.4 Å². The fraction of sp³-hybridized carbons (Fsp3) is 0.138. The fourth-order valence-corrected chi connectivity index (χ4v) is 4.35. The molecule has 0 aliphatic heterocycles. The van der Waals surface area contributed by atoms with Crippen molar-refractivity contribution >= 4 is 39.0 Å². The van der Waals surface area contributed by atoms with Crippen LogP contribution >= 0.6 is 0 Å². The van der Waals surface area contributed by atoms with E-state index in [1.165, 1.54) is 10.8 Å². The number of hydrogen-bond acceptors (Lipinski definition) is 4. The van der Waals surface area contributed by atoms with E-state index in [-0.39, 0.29) is 18.2 Å². The minimum atomic E-state index is -0.227. The fourth-order valence-electron chi connectivity index (χ4n) is 4.35. The number of nitrogens with zero attached hydrogens (tertiary/aromatic N) is 2. The average molecular weight is 478 g/mol. The lowest BCUT2D eigenvalue weighted by molar-refractivity contribution is -0.116. The lowest BCUT2D eigenvalue weighted by atomic mass is 9.99. The number of hydrogen-bond donors (Lipinski definition) is 3. The number of fused-ring (bicyclic) bond motifs is 3. The highest BCUT2D eigenvalue weighted by Gasteiger charge is 2.17. The minimum absolute atomic E-state index is 0.132. The molecule has 1 heterocycles. The van der Waals surface area contributed by atoms with Gasteiger partial charge in [0.1, 0.15) is 0 Å². The highest BCUT2D eigenvalue weighted by atomic mass is 16.2. The third kappa shape index (κ3) is 4.56. The molecule has 0 bridgehead atoms. The van der Waals surface area contributed by atoms with E-state index < -0.39 is 0 Å². The van der Waals surface area contributed by atoms with Crippen LogP contribution in [-0.2, 0) is 4.79 Å². The molecule has 0 radical (unpaired) electrons. The number of nitrogens with one attached hydrogen (secondary N) is 2. The van der Waals surface area contributed by atoms with Crippen molar-refractivity contribution in [1.29, 1.82) is 0 Å². The van der Waals surface area contributed by atoms with Gasteiger partial charge in [0.05, 0.1) is 11.4 Å². The Morgan fingerprint density at radius 3 is 2.36 bits per heavy atom. The zero-order valence-corrected chi connectivity index (χ0v) is 20.0. The van der Waals surface area contributed by atoms with Gasteiger partial charge in [0, 0.05) is 30.8 Å². The standard InChI is InChI=1S/C29H27N5O2/c1-2-31-29(36)26-18-27(34(33-26)23-13-11-22(12-14-23)32-28(35)15-16-30)21-10-9-20-8-7-19-5-3-4-6-24(19)25(20)17-21/h3-14,17-18H,2,15-16,30H2,1H3,(H,31,36)(H,32,35). The number of rotatable bonds is 7. The second-order valence-corrected chi connectivity index (χ2v) is 8.54. The summed E-state index contributed by atoms with van der Waals surface area (Å²) >= 11 is 0. The van der Waals surface area contributed by atoms with Crippen LogP contribution in [0.3, 0.4) is 0 Å². The molecule has 4 aromatic carbocycles. The summed E-state index contributed by atoms with van der Waals surface area (Å²) in [5.74, 6) is -0.360. The van der Waals surface area contributed by atoms with Crippen LogP contribution in [0.5, 0.6) is 0 Å². The van der Waals surface area contributed by atoms with Crippen LogP contribution in [0.4, 0.5) is 5.69 Å². The van der Waals surface area contributed by atoms with Crippen molar-refractivity contribution in [3.05, 3.63) is 90.6 Å². The van der Waals surface area contributed by atoms with Gasteiger partial charge in [-0.25, -0.2) is 4.68 Å². The molecule has 0 unspecified atom stereocenters. The average Bonchev–Trinajstić information content (AvgIpc) is 3.35. The molecule has 0 fully saturated rings. The maximum atomic E-state index is 12.7. The Morgan fingerprint density at radius 2 is 1.61 bits per heavy atom. The SMILES string of the molecule is CCNC(=O)c1cc(-c2ccc3ccc4ccccc4c3c2)n(-c2ccc(NC(=O)CCN)cc2)n1. The Bertz CT molecular complexity index is 1570.